The average Bonchev–Trinajstić information content (AvgIpc) is 2.81. The molecule has 7 heteroatoms. The van der Waals surface area contributed by atoms with Crippen LogP contribution >= 0.6 is 0 Å². The Kier molecular flexibility index (Phi) is 5.89. The number of benzene rings is 3. The first-order chi connectivity index (χ1) is 15.5. The topological polar surface area (TPSA) is 92.9 Å². The average molecular weight is 430 g/mol. The second-order valence-corrected chi connectivity index (χ2v) is 7.29. The van der Waals surface area contributed by atoms with Crippen LogP contribution in [-0.2, 0) is 4.79 Å². The molecule has 0 bridgehead atoms. The number of nitro groups is 1. The lowest BCUT2D eigenvalue weighted by Gasteiger charge is -2.33. The number of ether oxygens (including phenoxy) is 1. The van der Waals surface area contributed by atoms with Crippen LogP contribution in [0.15, 0.2) is 72.8 Å². The molecular formula is C25H22N2O5. The molecule has 3 aromatic carbocycles. The summed E-state index contributed by atoms with van der Waals surface area (Å²) in [5.74, 6) is -0.784. The number of phenols is 1. The van der Waals surface area contributed by atoms with Gasteiger partial charge in [0.25, 0.3) is 0 Å². The highest BCUT2D eigenvalue weighted by atomic mass is 16.6. The highest BCUT2D eigenvalue weighted by molar-refractivity contribution is 6.15. The van der Waals surface area contributed by atoms with Crippen molar-refractivity contribution in [2.75, 3.05) is 11.5 Å². The molecule has 1 aliphatic heterocycles. The summed E-state index contributed by atoms with van der Waals surface area (Å²) in [6.45, 7) is 1.92. The van der Waals surface area contributed by atoms with Crippen molar-refractivity contribution in [3.8, 4) is 11.5 Å². The zero-order valence-electron chi connectivity index (χ0n) is 17.5. The highest BCUT2D eigenvalue weighted by Gasteiger charge is 2.32. The summed E-state index contributed by atoms with van der Waals surface area (Å²) >= 11 is 0. The molecule has 1 aliphatic rings. The van der Waals surface area contributed by atoms with Crippen molar-refractivity contribution in [1.29, 1.82) is 0 Å². The van der Waals surface area contributed by atoms with E-state index in [4.69, 9.17) is 4.74 Å². The summed E-state index contributed by atoms with van der Waals surface area (Å²) in [6, 6.07) is 21.9. The highest BCUT2D eigenvalue weighted by Crippen LogP contribution is 2.45. The number of carbonyl (C=O) groups is 1. The number of hydrogen-bond acceptors (Lipinski definition) is 5. The van der Waals surface area contributed by atoms with Crippen molar-refractivity contribution in [3.05, 3.63) is 94.0 Å². The van der Waals surface area contributed by atoms with Gasteiger partial charge in [0.15, 0.2) is 5.75 Å². The molecule has 162 valence electrons. The zero-order valence-corrected chi connectivity index (χ0v) is 17.5. The molecule has 0 aromatic heterocycles. The largest absolute Gasteiger partial charge is 0.500 e. The molecule has 1 heterocycles. The van der Waals surface area contributed by atoms with Crippen LogP contribution in [-0.4, -0.2) is 22.5 Å². The quantitative estimate of drug-likeness (QED) is 0.418. The normalized spacial score (nSPS) is 13.9. The second kappa shape index (κ2) is 8.93. The van der Waals surface area contributed by atoms with Crippen LogP contribution in [0.4, 0.5) is 11.4 Å². The lowest BCUT2D eigenvalue weighted by atomic mass is 9.91. The van der Waals surface area contributed by atoms with E-state index in [1.165, 1.54) is 17.0 Å². The first kappa shape index (κ1) is 21.1. The number of anilines is 1. The number of nitrogens with zero attached hydrogens (tertiary/aromatic N) is 2. The van der Waals surface area contributed by atoms with Gasteiger partial charge in [-0.3, -0.25) is 19.8 Å². The Balaban J connectivity index is 1.99. The van der Waals surface area contributed by atoms with Crippen LogP contribution in [0.2, 0.25) is 0 Å². The zero-order chi connectivity index (χ0) is 22.7. The molecule has 0 spiro atoms. The fraction of sp³-hybridized carbons (Fsp3) is 0.160. The number of rotatable bonds is 6. The Morgan fingerprint density at radius 1 is 1.00 bits per heavy atom. The van der Waals surface area contributed by atoms with Gasteiger partial charge in [-0.15, -0.1) is 0 Å². The van der Waals surface area contributed by atoms with Gasteiger partial charge in [-0.25, -0.2) is 0 Å². The minimum Gasteiger partial charge on any atom is -0.500 e. The van der Waals surface area contributed by atoms with Gasteiger partial charge in [0, 0.05) is 18.6 Å². The van der Waals surface area contributed by atoms with E-state index in [-0.39, 0.29) is 30.4 Å². The second-order valence-electron chi connectivity index (χ2n) is 7.29. The Morgan fingerprint density at radius 2 is 1.62 bits per heavy atom. The molecule has 0 unspecified atom stereocenters. The monoisotopic (exact) mass is 430 g/mol. The maximum absolute atomic E-state index is 13.2. The van der Waals surface area contributed by atoms with Crippen LogP contribution in [0.25, 0.3) is 11.3 Å². The van der Waals surface area contributed by atoms with E-state index in [0.717, 1.165) is 16.7 Å². The van der Waals surface area contributed by atoms with Crippen molar-refractivity contribution >= 4 is 28.6 Å². The molecule has 0 fully saturated rings. The third-order valence-corrected chi connectivity index (χ3v) is 5.31. The van der Waals surface area contributed by atoms with Gasteiger partial charge < -0.3 is 9.84 Å². The van der Waals surface area contributed by atoms with Gasteiger partial charge in [-0.05, 0) is 30.0 Å². The number of nitro benzene ring substituents is 1. The molecule has 4 rings (SSSR count). The first-order valence-electron chi connectivity index (χ1n) is 10.3. The smallest absolute Gasteiger partial charge is 0.316 e. The van der Waals surface area contributed by atoms with Gasteiger partial charge >= 0.3 is 5.69 Å². The molecule has 3 aromatic rings. The molecular weight excluding hydrogens is 408 g/mol. The van der Waals surface area contributed by atoms with Crippen molar-refractivity contribution < 1.29 is 19.6 Å². The first-order valence-corrected chi connectivity index (χ1v) is 10.3. The fourth-order valence-electron chi connectivity index (χ4n) is 3.93. The van der Waals surface area contributed by atoms with E-state index in [0.29, 0.717) is 12.1 Å². The van der Waals surface area contributed by atoms with Crippen molar-refractivity contribution in [1.82, 2.24) is 0 Å². The summed E-state index contributed by atoms with van der Waals surface area (Å²) in [5, 5.41) is 21.9. The summed E-state index contributed by atoms with van der Waals surface area (Å²) in [7, 11) is 0. The predicted molar refractivity (Wildman–Crippen MR) is 122 cm³/mol. The van der Waals surface area contributed by atoms with Gasteiger partial charge in [0.05, 0.1) is 22.9 Å². The van der Waals surface area contributed by atoms with Gasteiger partial charge in [0.1, 0.15) is 0 Å². The molecule has 0 radical (unpaired) electrons. The van der Waals surface area contributed by atoms with Crippen LogP contribution in [0.3, 0.4) is 0 Å². The third-order valence-electron chi connectivity index (χ3n) is 5.31. The summed E-state index contributed by atoms with van der Waals surface area (Å²) in [4.78, 5) is 25.6. The van der Waals surface area contributed by atoms with E-state index < -0.39 is 16.4 Å². The predicted octanol–water partition coefficient (Wildman–Crippen LogP) is 5.39. The SMILES string of the molecule is CCOc1cc(N2C(=O)CCC(c3ccccc3)=C2c2ccccc2)cc([N+](=O)[O-])c1O. The van der Waals surface area contributed by atoms with Crippen LogP contribution < -0.4 is 9.64 Å². The Hall–Kier alpha value is -4.13. The minimum absolute atomic E-state index is 0.0382. The molecule has 1 amide bonds. The van der Waals surface area contributed by atoms with Gasteiger partial charge in [-0.2, -0.15) is 0 Å². The molecule has 0 saturated heterocycles. The van der Waals surface area contributed by atoms with Crippen molar-refractivity contribution in [2.45, 2.75) is 19.8 Å². The Bertz CT molecular complexity index is 1190. The lowest BCUT2D eigenvalue weighted by molar-refractivity contribution is -0.385. The van der Waals surface area contributed by atoms with Crippen LogP contribution in [0.5, 0.6) is 11.5 Å². The summed E-state index contributed by atoms with van der Waals surface area (Å²) < 4.78 is 5.44. The maximum atomic E-state index is 13.2. The van der Waals surface area contributed by atoms with E-state index in [1.807, 2.05) is 60.7 Å². The summed E-state index contributed by atoms with van der Waals surface area (Å²) in [6.07, 6.45) is 0.793. The number of carbonyl (C=O) groups excluding carboxylic acids is 1. The lowest BCUT2D eigenvalue weighted by Crippen LogP contribution is -2.33. The minimum atomic E-state index is -0.681. The molecule has 7 nitrogen and oxygen atoms in total. The number of allylic oxidation sites excluding steroid dienone is 1. The van der Waals surface area contributed by atoms with Gasteiger partial charge in [-0.1, -0.05) is 60.7 Å². The number of phenolic OH excluding ortho intramolecular Hbond substituents is 1. The summed E-state index contributed by atoms with van der Waals surface area (Å²) in [5.41, 5.74) is 3.17. The molecule has 0 saturated carbocycles. The standard InChI is InChI=1S/C25H22N2O5/c1-2-32-22-16-19(15-21(25(22)29)27(30)31)26-23(28)14-13-20(17-9-5-3-6-10-17)24(26)18-11-7-4-8-12-18/h3-12,15-16,29H,2,13-14H2,1H3. The van der Waals surface area contributed by atoms with E-state index in [9.17, 15) is 20.0 Å². The molecule has 0 atom stereocenters. The van der Waals surface area contributed by atoms with Crippen molar-refractivity contribution in [2.24, 2.45) is 0 Å². The third kappa shape index (κ3) is 3.92. The van der Waals surface area contributed by atoms with Crippen LogP contribution in [0, 0.1) is 10.1 Å². The van der Waals surface area contributed by atoms with Crippen LogP contribution in [0.1, 0.15) is 30.9 Å². The molecule has 0 aliphatic carbocycles. The van der Waals surface area contributed by atoms with E-state index >= 15 is 0 Å². The fourth-order valence-corrected chi connectivity index (χ4v) is 3.93. The number of aromatic hydroxyl groups is 1. The van der Waals surface area contributed by atoms with E-state index in [2.05, 4.69) is 0 Å². The van der Waals surface area contributed by atoms with Crippen molar-refractivity contribution in [3.63, 3.8) is 0 Å². The molecule has 1 N–H and O–H groups in total. The van der Waals surface area contributed by atoms with Gasteiger partial charge in [0.2, 0.25) is 11.7 Å². The number of amides is 1. The number of hydrogen-bond donors (Lipinski definition) is 1. The Morgan fingerprint density at radius 3 is 2.22 bits per heavy atom. The molecule has 32 heavy (non-hydrogen) atoms. The maximum Gasteiger partial charge on any atom is 0.316 e. The van der Waals surface area contributed by atoms with E-state index in [1.54, 1.807) is 6.92 Å². The Labute approximate surface area is 185 Å².